The van der Waals surface area contributed by atoms with E-state index in [1.807, 2.05) is 36.6 Å². The fourth-order valence-electron chi connectivity index (χ4n) is 3.00. The lowest BCUT2D eigenvalue weighted by molar-refractivity contribution is -0.116. The van der Waals surface area contributed by atoms with Crippen LogP contribution in [0.5, 0.6) is 0 Å². The van der Waals surface area contributed by atoms with E-state index < -0.39 is 17.7 Å². The van der Waals surface area contributed by atoms with Crippen LogP contribution in [0.4, 0.5) is 5.13 Å². The SMILES string of the molecule is Cc1ccccc1-c1csc(NC(=O)CN2C(=O)c3ccccc3C2=O)n1. The Morgan fingerprint density at radius 3 is 2.22 bits per heavy atom. The van der Waals surface area contributed by atoms with Gasteiger partial charge in [-0.15, -0.1) is 11.3 Å². The highest BCUT2D eigenvalue weighted by atomic mass is 32.1. The van der Waals surface area contributed by atoms with E-state index in [0.717, 1.165) is 21.7 Å². The Balaban J connectivity index is 1.46. The molecule has 0 aliphatic carbocycles. The van der Waals surface area contributed by atoms with Crippen LogP contribution in [0.2, 0.25) is 0 Å². The lowest BCUT2D eigenvalue weighted by Gasteiger charge is -2.12. The fourth-order valence-corrected chi connectivity index (χ4v) is 3.73. The Kier molecular flexibility index (Phi) is 4.29. The van der Waals surface area contributed by atoms with Gasteiger partial charge in [-0.1, -0.05) is 36.4 Å². The number of benzene rings is 2. The van der Waals surface area contributed by atoms with E-state index in [0.29, 0.717) is 16.3 Å². The molecule has 1 aromatic heterocycles. The van der Waals surface area contributed by atoms with Crippen molar-refractivity contribution in [2.24, 2.45) is 0 Å². The molecule has 0 saturated carbocycles. The van der Waals surface area contributed by atoms with E-state index in [4.69, 9.17) is 0 Å². The number of carbonyl (C=O) groups excluding carboxylic acids is 3. The second-order valence-electron chi connectivity index (χ2n) is 6.14. The van der Waals surface area contributed by atoms with Crippen LogP contribution in [-0.4, -0.2) is 34.2 Å². The molecule has 3 aromatic rings. The molecule has 0 bridgehead atoms. The number of rotatable bonds is 4. The highest BCUT2D eigenvalue weighted by Gasteiger charge is 2.36. The van der Waals surface area contributed by atoms with Gasteiger partial charge in [0.2, 0.25) is 5.91 Å². The third-order valence-electron chi connectivity index (χ3n) is 4.35. The van der Waals surface area contributed by atoms with Gasteiger partial charge in [0.25, 0.3) is 11.8 Å². The molecule has 7 heteroatoms. The molecule has 27 heavy (non-hydrogen) atoms. The predicted octanol–water partition coefficient (Wildman–Crippen LogP) is 3.35. The Morgan fingerprint density at radius 2 is 1.59 bits per heavy atom. The molecule has 0 unspecified atom stereocenters. The molecule has 0 spiro atoms. The second-order valence-corrected chi connectivity index (χ2v) is 7.00. The van der Waals surface area contributed by atoms with Crippen LogP contribution in [0.15, 0.2) is 53.9 Å². The number of nitrogens with one attached hydrogen (secondary N) is 1. The summed E-state index contributed by atoms with van der Waals surface area (Å²) in [6.45, 7) is 1.65. The molecule has 0 atom stereocenters. The summed E-state index contributed by atoms with van der Waals surface area (Å²) in [5, 5.41) is 4.96. The first kappa shape index (κ1) is 17.1. The average molecular weight is 377 g/mol. The molecule has 1 N–H and O–H groups in total. The Bertz CT molecular complexity index is 1040. The summed E-state index contributed by atoms with van der Waals surface area (Å²) >= 11 is 1.30. The van der Waals surface area contributed by atoms with Crippen molar-refractivity contribution < 1.29 is 14.4 Å². The van der Waals surface area contributed by atoms with Crippen LogP contribution in [0.1, 0.15) is 26.3 Å². The maximum Gasteiger partial charge on any atom is 0.262 e. The van der Waals surface area contributed by atoms with Crippen molar-refractivity contribution >= 4 is 34.2 Å². The number of hydrogen-bond donors (Lipinski definition) is 1. The molecule has 0 fully saturated rings. The minimum absolute atomic E-state index is 0.325. The van der Waals surface area contributed by atoms with Gasteiger partial charge >= 0.3 is 0 Å². The third kappa shape index (κ3) is 3.13. The summed E-state index contributed by atoms with van der Waals surface area (Å²) in [6, 6.07) is 14.4. The van der Waals surface area contributed by atoms with E-state index in [1.54, 1.807) is 24.3 Å². The highest BCUT2D eigenvalue weighted by molar-refractivity contribution is 7.14. The van der Waals surface area contributed by atoms with Crippen molar-refractivity contribution in [3.05, 3.63) is 70.6 Å². The first-order valence-corrected chi connectivity index (χ1v) is 9.19. The standard InChI is InChI=1S/C20H15N3O3S/c1-12-6-2-3-7-13(12)16-11-27-20(21-16)22-17(24)10-23-18(25)14-8-4-5-9-15(14)19(23)26/h2-9,11H,10H2,1H3,(H,21,22,24). The number of aryl methyl sites for hydroxylation is 1. The van der Waals surface area contributed by atoms with Crippen molar-refractivity contribution in [1.29, 1.82) is 0 Å². The molecule has 2 heterocycles. The minimum atomic E-state index is -0.463. The first-order valence-electron chi connectivity index (χ1n) is 8.31. The zero-order chi connectivity index (χ0) is 19.0. The number of imide groups is 1. The second kappa shape index (κ2) is 6.77. The molecule has 0 radical (unpaired) electrons. The zero-order valence-electron chi connectivity index (χ0n) is 14.4. The van der Waals surface area contributed by atoms with Gasteiger partial charge in [-0.05, 0) is 24.6 Å². The molecular weight excluding hydrogens is 362 g/mol. The number of amides is 3. The fraction of sp³-hybridized carbons (Fsp3) is 0.100. The van der Waals surface area contributed by atoms with Gasteiger partial charge < -0.3 is 5.32 Å². The Labute approximate surface area is 159 Å². The van der Waals surface area contributed by atoms with Crippen LogP contribution < -0.4 is 5.32 Å². The van der Waals surface area contributed by atoms with Crippen molar-refractivity contribution in [2.45, 2.75) is 6.92 Å². The number of carbonyl (C=O) groups is 3. The van der Waals surface area contributed by atoms with Crippen LogP contribution >= 0.6 is 11.3 Å². The minimum Gasteiger partial charge on any atom is -0.300 e. The van der Waals surface area contributed by atoms with Crippen molar-refractivity contribution in [3.8, 4) is 11.3 Å². The van der Waals surface area contributed by atoms with E-state index in [9.17, 15) is 14.4 Å². The van der Waals surface area contributed by atoms with Crippen LogP contribution in [-0.2, 0) is 4.79 Å². The van der Waals surface area contributed by atoms with Gasteiger partial charge in [0.15, 0.2) is 5.13 Å². The average Bonchev–Trinajstić information content (AvgIpc) is 3.21. The maximum atomic E-state index is 12.3. The van der Waals surface area contributed by atoms with Crippen molar-refractivity contribution in [2.75, 3.05) is 11.9 Å². The monoisotopic (exact) mass is 377 g/mol. The van der Waals surface area contributed by atoms with Crippen molar-refractivity contribution in [1.82, 2.24) is 9.88 Å². The topological polar surface area (TPSA) is 79.4 Å². The van der Waals surface area contributed by atoms with E-state index in [1.165, 1.54) is 11.3 Å². The van der Waals surface area contributed by atoms with Gasteiger partial charge in [-0.2, -0.15) is 0 Å². The highest BCUT2D eigenvalue weighted by Crippen LogP contribution is 2.27. The first-order chi connectivity index (χ1) is 13.0. The smallest absolute Gasteiger partial charge is 0.262 e. The molecule has 1 aliphatic rings. The number of thiazole rings is 1. The number of hydrogen-bond acceptors (Lipinski definition) is 5. The van der Waals surface area contributed by atoms with E-state index >= 15 is 0 Å². The summed E-state index contributed by atoms with van der Waals surface area (Å²) in [5.41, 5.74) is 3.51. The number of aromatic nitrogens is 1. The van der Waals surface area contributed by atoms with Crippen LogP contribution in [0.25, 0.3) is 11.3 Å². The Hall–Kier alpha value is -3.32. The summed E-state index contributed by atoms with van der Waals surface area (Å²) in [4.78, 5) is 42.4. The molecule has 2 aromatic carbocycles. The molecule has 6 nitrogen and oxygen atoms in total. The quantitative estimate of drug-likeness (QED) is 0.707. The van der Waals surface area contributed by atoms with Gasteiger partial charge in [-0.3, -0.25) is 19.3 Å². The lowest BCUT2D eigenvalue weighted by Crippen LogP contribution is -2.37. The third-order valence-corrected chi connectivity index (χ3v) is 5.11. The van der Waals surface area contributed by atoms with Gasteiger partial charge in [0, 0.05) is 10.9 Å². The summed E-state index contributed by atoms with van der Waals surface area (Å²) in [7, 11) is 0. The molecule has 134 valence electrons. The molecule has 0 saturated heterocycles. The van der Waals surface area contributed by atoms with Gasteiger partial charge in [0.1, 0.15) is 6.54 Å². The van der Waals surface area contributed by atoms with E-state index in [-0.39, 0.29) is 6.54 Å². The summed E-state index contributed by atoms with van der Waals surface area (Å²) < 4.78 is 0. The van der Waals surface area contributed by atoms with Crippen LogP contribution in [0, 0.1) is 6.92 Å². The Morgan fingerprint density at radius 1 is 1.00 bits per heavy atom. The van der Waals surface area contributed by atoms with Crippen LogP contribution in [0.3, 0.4) is 0 Å². The zero-order valence-corrected chi connectivity index (χ0v) is 15.2. The predicted molar refractivity (Wildman–Crippen MR) is 103 cm³/mol. The normalized spacial score (nSPS) is 13.0. The van der Waals surface area contributed by atoms with Gasteiger partial charge in [0.05, 0.1) is 16.8 Å². The molecular formula is C20H15N3O3S. The maximum absolute atomic E-state index is 12.3. The summed E-state index contributed by atoms with van der Waals surface area (Å²) in [6.07, 6.45) is 0. The lowest BCUT2D eigenvalue weighted by atomic mass is 10.1. The molecule has 4 rings (SSSR count). The summed E-state index contributed by atoms with van der Waals surface area (Å²) in [5.74, 6) is -1.37. The molecule has 3 amide bonds. The largest absolute Gasteiger partial charge is 0.300 e. The van der Waals surface area contributed by atoms with E-state index in [2.05, 4.69) is 10.3 Å². The molecule has 1 aliphatic heterocycles. The number of fused-ring (bicyclic) bond motifs is 1. The van der Waals surface area contributed by atoms with Crippen molar-refractivity contribution in [3.63, 3.8) is 0 Å². The van der Waals surface area contributed by atoms with Gasteiger partial charge in [-0.25, -0.2) is 4.98 Å². The number of anilines is 1. The number of nitrogens with zero attached hydrogens (tertiary/aromatic N) is 2.